The number of carbonyl (C=O) groups excluding carboxylic acids is 1. The van der Waals surface area contributed by atoms with Crippen molar-refractivity contribution in [3.63, 3.8) is 0 Å². The maximum absolute atomic E-state index is 14.8. The van der Waals surface area contributed by atoms with E-state index in [-0.39, 0.29) is 22.9 Å². The van der Waals surface area contributed by atoms with E-state index in [0.29, 0.717) is 31.6 Å². The number of fused-ring (bicyclic) bond motifs is 3. The van der Waals surface area contributed by atoms with Gasteiger partial charge in [-0.15, -0.1) is 0 Å². The summed E-state index contributed by atoms with van der Waals surface area (Å²) < 4.78 is 73.3. The van der Waals surface area contributed by atoms with E-state index in [9.17, 15) is 26.7 Å². The van der Waals surface area contributed by atoms with Crippen LogP contribution in [0, 0.1) is 17.6 Å². The van der Waals surface area contributed by atoms with Crippen LogP contribution in [0.25, 0.3) is 11.4 Å². The smallest absolute Gasteiger partial charge is 0.417 e. The van der Waals surface area contributed by atoms with Crippen molar-refractivity contribution in [1.82, 2.24) is 19.9 Å². The first-order chi connectivity index (χ1) is 16.7. The summed E-state index contributed by atoms with van der Waals surface area (Å²) in [6.07, 6.45) is -0.136. The molecule has 1 aliphatic carbocycles. The minimum atomic E-state index is -4.73. The van der Waals surface area contributed by atoms with E-state index in [1.165, 1.54) is 30.6 Å². The molecule has 1 unspecified atom stereocenters. The number of ether oxygens (including phenoxy) is 1. The summed E-state index contributed by atoms with van der Waals surface area (Å²) in [5, 5.41) is 0. The van der Waals surface area contributed by atoms with Gasteiger partial charge in [-0.25, -0.2) is 23.7 Å². The van der Waals surface area contributed by atoms with Gasteiger partial charge in [-0.1, -0.05) is 6.07 Å². The van der Waals surface area contributed by atoms with Crippen molar-refractivity contribution < 1.29 is 31.5 Å². The van der Waals surface area contributed by atoms with Crippen LogP contribution in [0.15, 0.2) is 48.9 Å². The van der Waals surface area contributed by atoms with Crippen molar-refractivity contribution in [2.45, 2.75) is 37.6 Å². The van der Waals surface area contributed by atoms with Crippen molar-refractivity contribution in [2.24, 2.45) is 5.92 Å². The van der Waals surface area contributed by atoms with E-state index in [4.69, 9.17) is 4.74 Å². The molecule has 1 saturated carbocycles. The Morgan fingerprint density at radius 2 is 1.80 bits per heavy atom. The molecule has 2 bridgehead atoms. The molecular weight excluding hydrogens is 471 g/mol. The topological polar surface area (TPSA) is 68.2 Å². The summed E-state index contributed by atoms with van der Waals surface area (Å²) in [5.74, 6) is -2.76. The monoisotopic (exact) mass is 490 g/mol. The van der Waals surface area contributed by atoms with Crippen molar-refractivity contribution in [1.29, 1.82) is 0 Å². The molecule has 35 heavy (non-hydrogen) atoms. The zero-order chi connectivity index (χ0) is 24.7. The van der Waals surface area contributed by atoms with Crippen LogP contribution >= 0.6 is 0 Å². The minimum Gasteiger partial charge on any atom is -0.470 e. The molecular formula is C24H19F5N4O2. The molecule has 3 atom stereocenters. The number of hydrogen-bond donors (Lipinski definition) is 0. The summed E-state index contributed by atoms with van der Waals surface area (Å²) in [4.78, 5) is 26.8. The molecule has 2 aromatic heterocycles. The van der Waals surface area contributed by atoms with Gasteiger partial charge in [0.15, 0.2) is 11.6 Å². The van der Waals surface area contributed by atoms with Gasteiger partial charge in [-0.3, -0.25) is 4.79 Å². The van der Waals surface area contributed by atoms with Crippen LogP contribution in [0.1, 0.15) is 35.2 Å². The third kappa shape index (κ3) is 4.42. The molecule has 1 amide bonds. The van der Waals surface area contributed by atoms with Gasteiger partial charge in [0.2, 0.25) is 0 Å². The molecule has 2 aliphatic heterocycles. The third-order valence-corrected chi connectivity index (χ3v) is 6.41. The van der Waals surface area contributed by atoms with Gasteiger partial charge in [-0.2, -0.15) is 13.2 Å². The highest BCUT2D eigenvalue weighted by Crippen LogP contribution is 2.39. The molecule has 3 aromatic rings. The number of aromatic nitrogens is 3. The van der Waals surface area contributed by atoms with Gasteiger partial charge < -0.3 is 9.64 Å². The lowest BCUT2D eigenvalue weighted by molar-refractivity contribution is -0.138. The van der Waals surface area contributed by atoms with Crippen LogP contribution in [0.4, 0.5) is 22.0 Å². The Hall–Kier alpha value is -3.63. The van der Waals surface area contributed by atoms with Crippen molar-refractivity contribution in [3.05, 3.63) is 71.7 Å². The van der Waals surface area contributed by atoms with Crippen molar-refractivity contribution >= 4 is 5.91 Å². The predicted octanol–water partition coefficient (Wildman–Crippen LogP) is 4.91. The van der Waals surface area contributed by atoms with E-state index >= 15 is 0 Å². The number of hydrogen-bond acceptors (Lipinski definition) is 5. The Balaban J connectivity index is 1.42. The standard InChI is InChI=1S/C24H19F5N4O2/c25-16-4-1-3-15(20(16)21-30-7-2-8-31-21)23(34)33-12-13-5-6-18(33)19(9-13)35-22-17(26)10-14(11-32-22)24(27,28)29/h1-4,7-8,10-11,13,18-19H,5-6,9,12H2/t13?,18-,19+/m0/s1. The molecule has 4 heterocycles. The normalized spacial score (nSPS) is 21.7. The second-order valence-electron chi connectivity index (χ2n) is 8.60. The number of rotatable bonds is 4. The van der Waals surface area contributed by atoms with Gasteiger partial charge in [0.25, 0.3) is 11.8 Å². The zero-order valence-electron chi connectivity index (χ0n) is 18.2. The first kappa shape index (κ1) is 23.1. The molecule has 6 nitrogen and oxygen atoms in total. The van der Waals surface area contributed by atoms with E-state index < -0.39 is 47.3 Å². The quantitative estimate of drug-likeness (QED) is 0.487. The second kappa shape index (κ2) is 8.86. The number of halogens is 5. The average molecular weight is 490 g/mol. The van der Waals surface area contributed by atoms with E-state index in [2.05, 4.69) is 15.0 Å². The fraction of sp³-hybridized carbons (Fsp3) is 0.333. The van der Waals surface area contributed by atoms with Crippen LogP contribution in [0.5, 0.6) is 5.88 Å². The second-order valence-corrected chi connectivity index (χ2v) is 8.60. The molecule has 182 valence electrons. The first-order valence-corrected chi connectivity index (χ1v) is 11.0. The highest BCUT2D eigenvalue weighted by molar-refractivity contribution is 6.00. The lowest BCUT2D eigenvalue weighted by Gasteiger charge is -2.49. The number of piperidine rings is 2. The Morgan fingerprint density at radius 1 is 1.03 bits per heavy atom. The molecule has 11 heteroatoms. The summed E-state index contributed by atoms with van der Waals surface area (Å²) in [6.45, 7) is 0.401. The fourth-order valence-electron chi connectivity index (χ4n) is 4.81. The Kier molecular flexibility index (Phi) is 5.86. The van der Waals surface area contributed by atoms with Gasteiger partial charge in [-0.05, 0) is 49.4 Å². The molecule has 6 rings (SSSR count). The van der Waals surface area contributed by atoms with Crippen LogP contribution < -0.4 is 4.74 Å². The van der Waals surface area contributed by atoms with Crippen molar-refractivity contribution in [2.75, 3.05) is 6.54 Å². The average Bonchev–Trinajstić information content (AvgIpc) is 2.85. The fourth-order valence-corrected chi connectivity index (χ4v) is 4.81. The third-order valence-electron chi connectivity index (χ3n) is 6.41. The van der Waals surface area contributed by atoms with E-state index in [0.717, 1.165) is 6.42 Å². The minimum absolute atomic E-state index is 0.0209. The van der Waals surface area contributed by atoms with Crippen molar-refractivity contribution in [3.8, 4) is 17.3 Å². The molecule has 3 fully saturated rings. The van der Waals surface area contributed by atoms with E-state index in [1.54, 1.807) is 11.0 Å². The maximum atomic E-state index is 14.8. The number of carbonyl (C=O) groups is 1. The Morgan fingerprint density at radius 3 is 2.49 bits per heavy atom. The zero-order valence-corrected chi connectivity index (χ0v) is 18.2. The molecule has 0 radical (unpaired) electrons. The highest BCUT2D eigenvalue weighted by Gasteiger charge is 2.45. The summed E-state index contributed by atoms with van der Waals surface area (Å²) in [6, 6.07) is 5.56. The maximum Gasteiger partial charge on any atom is 0.417 e. The number of nitrogens with zero attached hydrogens (tertiary/aromatic N) is 4. The van der Waals surface area contributed by atoms with Crippen LogP contribution in [-0.2, 0) is 6.18 Å². The lowest BCUT2D eigenvalue weighted by atomic mass is 9.77. The summed E-state index contributed by atoms with van der Waals surface area (Å²) in [7, 11) is 0. The Bertz CT molecular complexity index is 1250. The van der Waals surface area contributed by atoms with Crippen LogP contribution in [0.2, 0.25) is 0 Å². The number of alkyl halides is 3. The van der Waals surface area contributed by atoms with Gasteiger partial charge in [0, 0.05) is 25.1 Å². The number of benzene rings is 1. The SMILES string of the molecule is O=C(c1cccc(F)c1-c1ncccn1)N1CC2CC[C@H]1[C@H](Oc1ncc(C(F)(F)F)cc1F)C2. The molecule has 0 N–H and O–H groups in total. The highest BCUT2D eigenvalue weighted by atomic mass is 19.4. The van der Waals surface area contributed by atoms with Gasteiger partial charge in [0.05, 0.1) is 22.7 Å². The number of pyridine rings is 1. The Labute approximate surface area is 196 Å². The van der Waals surface area contributed by atoms with Gasteiger partial charge >= 0.3 is 6.18 Å². The summed E-state index contributed by atoms with van der Waals surface area (Å²) >= 11 is 0. The molecule has 2 saturated heterocycles. The number of amides is 1. The predicted molar refractivity (Wildman–Crippen MR) is 113 cm³/mol. The first-order valence-electron chi connectivity index (χ1n) is 11.0. The molecule has 1 aromatic carbocycles. The summed E-state index contributed by atoms with van der Waals surface area (Å²) in [5.41, 5.74) is -1.15. The molecule has 3 aliphatic rings. The van der Waals surface area contributed by atoms with Gasteiger partial charge in [0.1, 0.15) is 11.9 Å². The lowest BCUT2D eigenvalue weighted by Crippen LogP contribution is -2.59. The van der Waals surface area contributed by atoms with E-state index in [1.807, 2.05) is 0 Å². The van der Waals surface area contributed by atoms with Crippen LogP contribution in [0.3, 0.4) is 0 Å². The largest absolute Gasteiger partial charge is 0.470 e. The van der Waals surface area contributed by atoms with Crippen LogP contribution in [-0.4, -0.2) is 44.4 Å². The molecule has 0 spiro atoms.